The maximum atomic E-state index is 6.41. The molecule has 0 bridgehead atoms. The summed E-state index contributed by atoms with van der Waals surface area (Å²) in [7, 11) is 0. The monoisotopic (exact) mass is 783 g/mol. The molecule has 0 atom stereocenters. The highest BCUT2D eigenvalue weighted by Gasteiger charge is 2.47. The van der Waals surface area contributed by atoms with Gasteiger partial charge in [-0.1, -0.05) is 183 Å². The second kappa shape index (κ2) is 14.5. The summed E-state index contributed by atoms with van der Waals surface area (Å²) < 4.78 is 6.41. The molecule has 2 aliphatic rings. The fourth-order valence-electron chi connectivity index (χ4n) is 11.1. The first-order valence-electron chi connectivity index (χ1n) is 22.0. The van der Waals surface area contributed by atoms with Gasteiger partial charge in [0.25, 0.3) is 0 Å². The molecular formula is C59H45NO. The molecular weight excluding hydrogens is 739 g/mol. The first kappa shape index (κ1) is 35.8. The average molecular weight is 784 g/mol. The molecule has 1 saturated carbocycles. The van der Waals surface area contributed by atoms with Crippen LogP contribution in [0.25, 0.3) is 55.0 Å². The molecule has 10 aromatic rings. The Labute approximate surface area is 357 Å². The Kier molecular flexibility index (Phi) is 8.52. The fourth-order valence-corrected chi connectivity index (χ4v) is 11.1. The lowest BCUT2D eigenvalue weighted by Gasteiger charge is -2.35. The Morgan fingerprint density at radius 2 is 1.08 bits per heavy atom. The lowest BCUT2D eigenvalue weighted by atomic mass is 9.67. The van der Waals surface area contributed by atoms with Crippen molar-refractivity contribution in [3.63, 3.8) is 0 Å². The smallest absolute Gasteiger partial charge is 0.135 e. The number of nitrogens with zero attached hydrogens (tertiary/aromatic N) is 1. The number of furan rings is 1. The van der Waals surface area contributed by atoms with Crippen LogP contribution in [0.3, 0.4) is 0 Å². The molecule has 1 aromatic heterocycles. The van der Waals surface area contributed by atoms with Crippen molar-refractivity contribution in [2.75, 3.05) is 4.90 Å². The van der Waals surface area contributed by atoms with Gasteiger partial charge in [0.15, 0.2) is 0 Å². The predicted octanol–water partition coefficient (Wildman–Crippen LogP) is 16.3. The number of benzene rings is 9. The maximum Gasteiger partial charge on any atom is 0.135 e. The van der Waals surface area contributed by atoms with E-state index in [0.29, 0.717) is 5.92 Å². The molecule has 0 spiro atoms. The van der Waals surface area contributed by atoms with Crippen LogP contribution in [0.1, 0.15) is 65.8 Å². The first-order chi connectivity index (χ1) is 30.3. The lowest BCUT2D eigenvalue weighted by molar-refractivity contribution is 0.444. The van der Waals surface area contributed by atoms with Crippen LogP contribution in [-0.2, 0) is 5.41 Å². The molecule has 1 fully saturated rings. The number of anilines is 3. The highest BCUT2D eigenvalue weighted by Crippen LogP contribution is 2.60. The highest BCUT2D eigenvalue weighted by molar-refractivity contribution is 6.09. The largest absolute Gasteiger partial charge is 0.456 e. The molecule has 2 nitrogen and oxygen atoms in total. The topological polar surface area (TPSA) is 16.4 Å². The molecule has 0 N–H and O–H groups in total. The Morgan fingerprint density at radius 3 is 1.85 bits per heavy atom. The van der Waals surface area contributed by atoms with Crippen molar-refractivity contribution in [2.24, 2.45) is 0 Å². The van der Waals surface area contributed by atoms with Gasteiger partial charge < -0.3 is 9.32 Å². The molecule has 9 aromatic carbocycles. The molecule has 292 valence electrons. The Morgan fingerprint density at radius 1 is 0.443 bits per heavy atom. The van der Waals surface area contributed by atoms with Gasteiger partial charge in [0.2, 0.25) is 0 Å². The van der Waals surface area contributed by atoms with Gasteiger partial charge in [-0.3, -0.25) is 0 Å². The number of hydrogen-bond acceptors (Lipinski definition) is 2. The van der Waals surface area contributed by atoms with E-state index in [4.69, 9.17) is 4.42 Å². The second-order valence-corrected chi connectivity index (χ2v) is 17.0. The summed E-state index contributed by atoms with van der Waals surface area (Å²) in [5.74, 6) is 0.553. The van der Waals surface area contributed by atoms with Gasteiger partial charge in [0.05, 0.1) is 11.1 Å². The molecule has 2 heteroatoms. The van der Waals surface area contributed by atoms with Crippen LogP contribution in [0.15, 0.2) is 211 Å². The van der Waals surface area contributed by atoms with Crippen molar-refractivity contribution >= 4 is 49.8 Å². The standard InChI is InChI=1S/C59H45NO/c1-5-18-40(19-6-1)48-29-17-30-52-58(48)50-35-33-46(39-53(50)59(52,43-23-9-3-10-24-43)44-25-11-4-12-26-44)60(45-34-37-56-51(38-45)49-28-15-16-31-55(49)61-56)54-36-32-41-20-13-14-27-47(41)57(54)42-21-7-2-8-22-42/h2-4,7-17,20-40H,1,5-6,18-19H2. The van der Waals surface area contributed by atoms with Gasteiger partial charge in [0, 0.05) is 27.7 Å². The van der Waals surface area contributed by atoms with E-state index in [1.807, 2.05) is 6.07 Å². The van der Waals surface area contributed by atoms with Crippen molar-refractivity contribution < 1.29 is 4.42 Å². The van der Waals surface area contributed by atoms with Crippen LogP contribution in [0.2, 0.25) is 0 Å². The number of para-hydroxylation sites is 1. The van der Waals surface area contributed by atoms with Gasteiger partial charge in [-0.25, -0.2) is 0 Å². The van der Waals surface area contributed by atoms with E-state index >= 15 is 0 Å². The van der Waals surface area contributed by atoms with Crippen LogP contribution in [0.4, 0.5) is 17.1 Å². The van der Waals surface area contributed by atoms with E-state index in [-0.39, 0.29) is 0 Å². The molecule has 61 heavy (non-hydrogen) atoms. The SMILES string of the molecule is c1ccc(-c2c(N(c3ccc4c(c3)C(c3ccccc3)(c3ccccc3)c3cccc(C5CCCCC5)c3-4)c3ccc4oc5ccccc5c4c3)ccc3ccccc23)cc1. The number of hydrogen-bond donors (Lipinski definition) is 0. The Bertz CT molecular complexity index is 3190. The van der Waals surface area contributed by atoms with Crippen molar-refractivity contribution in [2.45, 2.75) is 43.4 Å². The van der Waals surface area contributed by atoms with Crippen molar-refractivity contribution in [3.05, 3.63) is 234 Å². The van der Waals surface area contributed by atoms with Crippen molar-refractivity contribution in [1.29, 1.82) is 0 Å². The molecule has 0 radical (unpaired) electrons. The zero-order valence-electron chi connectivity index (χ0n) is 34.1. The highest BCUT2D eigenvalue weighted by atomic mass is 16.3. The molecule has 0 amide bonds. The normalized spacial score (nSPS) is 14.6. The van der Waals surface area contributed by atoms with E-state index in [0.717, 1.165) is 39.0 Å². The number of fused-ring (bicyclic) bond motifs is 7. The minimum Gasteiger partial charge on any atom is -0.456 e. The van der Waals surface area contributed by atoms with E-state index in [1.54, 1.807) is 0 Å². The summed E-state index contributed by atoms with van der Waals surface area (Å²) in [6, 6.07) is 76.5. The predicted molar refractivity (Wildman–Crippen MR) is 254 cm³/mol. The summed E-state index contributed by atoms with van der Waals surface area (Å²) in [6.45, 7) is 0. The van der Waals surface area contributed by atoms with E-state index < -0.39 is 5.41 Å². The average Bonchev–Trinajstić information content (AvgIpc) is 3.86. The molecule has 2 aliphatic carbocycles. The summed E-state index contributed by atoms with van der Waals surface area (Å²) in [6.07, 6.45) is 6.42. The van der Waals surface area contributed by atoms with E-state index in [9.17, 15) is 0 Å². The summed E-state index contributed by atoms with van der Waals surface area (Å²) in [4.78, 5) is 2.50. The van der Waals surface area contributed by atoms with Gasteiger partial charge in [-0.2, -0.15) is 0 Å². The molecule has 1 heterocycles. The first-order valence-corrected chi connectivity index (χ1v) is 22.0. The minimum absolute atomic E-state index is 0.532. The third-order valence-electron chi connectivity index (χ3n) is 13.7. The van der Waals surface area contributed by atoms with Crippen LogP contribution in [-0.4, -0.2) is 0 Å². The molecule has 0 unspecified atom stereocenters. The van der Waals surface area contributed by atoms with Gasteiger partial charge in [0.1, 0.15) is 11.2 Å². The second-order valence-electron chi connectivity index (χ2n) is 17.0. The Hall–Kier alpha value is -7.16. The minimum atomic E-state index is -0.532. The third kappa shape index (κ3) is 5.62. The van der Waals surface area contributed by atoms with Gasteiger partial charge >= 0.3 is 0 Å². The zero-order valence-corrected chi connectivity index (χ0v) is 34.1. The van der Waals surface area contributed by atoms with Crippen LogP contribution in [0, 0.1) is 0 Å². The zero-order chi connectivity index (χ0) is 40.3. The molecule has 0 aliphatic heterocycles. The third-order valence-corrected chi connectivity index (χ3v) is 13.7. The number of rotatable bonds is 7. The van der Waals surface area contributed by atoms with Crippen molar-refractivity contribution in [3.8, 4) is 22.3 Å². The van der Waals surface area contributed by atoms with E-state index in [2.05, 4.69) is 205 Å². The fraction of sp³-hybridized carbons (Fsp3) is 0.119. The lowest BCUT2D eigenvalue weighted by Crippen LogP contribution is -2.29. The van der Waals surface area contributed by atoms with Crippen LogP contribution >= 0.6 is 0 Å². The van der Waals surface area contributed by atoms with Gasteiger partial charge in [-0.15, -0.1) is 0 Å². The van der Waals surface area contributed by atoms with Crippen molar-refractivity contribution in [1.82, 2.24) is 0 Å². The maximum absolute atomic E-state index is 6.41. The van der Waals surface area contributed by atoms with Crippen LogP contribution in [0.5, 0.6) is 0 Å². The summed E-state index contributed by atoms with van der Waals surface area (Å²) >= 11 is 0. The molecule has 12 rings (SSSR count). The molecule has 0 saturated heterocycles. The van der Waals surface area contributed by atoms with Gasteiger partial charge in [-0.05, 0) is 117 Å². The van der Waals surface area contributed by atoms with Crippen LogP contribution < -0.4 is 4.90 Å². The summed E-state index contributed by atoms with van der Waals surface area (Å²) in [5, 5.41) is 4.66. The van der Waals surface area contributed by atoms with E-state index in [1.165, 1.54) is 92.9 Å². The quantitative estimate of drug-likeness (QED) is 0.160. The Balaban J connectivity index is 1.18. The summed E-state index contributed by atoms with van der Waals surface area (Å²) in [5.41, 5.74) is 16.5.